The van der Waals surface area contributed by atoms with Gasteiger partial charge in [0.2, 0.25) is 5.91 Å². The van der Waals surface area contributed by atoms with Gasteiger partial charge in [-0.2, -0.15) is 5.10 Å². The first kappa shape index (κ1) is 21.1. The molecule has 1 atom stereocenters. The average molecular weight is 392 g/mol. The molecule has 0 aliphatic carbocycles. The second-order valence-corrected chi connectivity index (χ2v) is 7.06. The first-order valence-corrected chi connectivity index (χ1v) is 9.10. The number of halogens is 3. The van der Waals surface area contributed by atoms with E-state index in [9.17, 15) is 13.6 Å². The second kappa shape index (κ2) is 9.10. The molecule has 6 nitrogen and oxygen atoms in total. The summed E-state index contributed by atoms with van der Waals surface area (Å²) in [5, 5.41) is 7.01. The SMILES string of the molecule is CCCn1cc(CN2CCCN(C(=O)C3CC(F)(F)CN3)CC2)cn1.Cl. The summed E-state index contributed by atoms with van der Waals surface area (Å²) < 4.78 is 28.6. The van der Waals surface area contributed by atoms with Gasteiger partial charge in [0.1, 0.15) is 0 Å². The highest BCUT2D eigenvalue weighted by molar-refractivity contribution is 5.85. The molecule has 2 fully saturated rings. The lowest BCUT2D eigenvalue weighted by Crippen LogP contribution is -2.45. The molecule has 2 saturated heterocycles. The lowest BCUT2D eigenvalue weighted by Gasteiger charge is -2.24. The standard InChI is InChI=1S/C17H27F2N5O.ClH/c1-2-4-24-12-14(10-21-24)11-22-5-3-6-23(8-7-22)16(25)15-9-17(18,19)13-20-15;/h10,12,15,20H,2-9,11,13H2,1H3;1H. The minimum atomic E-state index is -2.77. The maximum absolute atomic E-state index is 13.3. The number of aromatic nitrogens is 2. The second-order valence-electron chi connectivity index (χ2n) is 7.06. The van der Waals surface area contributed by atoms with Crippen molar-refractivity contribution in [2.75, 3.05) is 32.7 Å². The number of carbonyl (C=O) groups is 1. The normalized spacial score (nSPS) is 23.5. The molecular formula is C17H28ClF2N5O. The van der Waals surface area contributed by atoms with Crippen molar-refractivity contribution in [3.63, 3.8) is 0 Å². The molecule has 1 N–H and O–H groups in total. The number of aryl methyl sites for hydroxylation is 1. The third-order valence-electron chi connectivity index (χ3n) is 4.85. The summed E-state index contributed by atoms with van der Waals surface area (Å²) >= 11 is 0. The van der Waals surface area contributed by atoms with Crippen LogP contribution in [0.2, 0.25) is 0 Å². The predicted molar refractivity (Wildman–Crippen MR) is 97.6 cm³/mol. The summed E-state index contributed by atoms with van der Waals surface area (Å²) in [6.45, 7) is 6.33. The van der Waals surface area contributed by atoms with E-state index < -0.39 is 18.5 Å². The lowest BCUT2D eigenvalue weighted by atomic mass is 10.1. The molecular weight excluding hydrogens is 364 g/mol. The van der Waals surface area contributed by atoms with Crippen molar-refractivity contribution in [2.45, 2.75) is 51.2 Å². The first-order valence-electron chi connectivity index (χ1n) is 9.10. The monoisotopic (exact) mass is 391 g/mol. The van der Waals surface area contributed by atoms with E-state index in [2.05, 4.69) is 28.4 Å². The number of hydrogen-bond acceptors (Lipinski definition) is 4. The molecule has 148 valence electrons. The number of nitrogens with zero attached hydrogens (tertiary/aromatic N) is 4. The smallest absolute Gasteiger partial charge is 0.262 e. The summed E-state index contributed by atoms with van der Waals surface area (Å²) in [4.78, 5) is 16.5. The van der Waals surface area contributed by atoms with Crippen LogP contribution in [0.25, 0.3) is 0 Å². The zero-order chi connectivity index (χ0) is 17.9. The zero-order valence-corrected chi connectivity index (χ0v) is 16.0. The quantitative estimate of drug-likeness (QED) is 0.830. The number of hydrogen-bond donors (Lipinski definition) is 1. The van der Waals surface area contributed by atoms with Crippen molar-refractivity contribution in [3.05, 3.63) is 18.0 Å². The lowest BCUT2D eigenvalue weighted by molar-refractivity contribution is -0.133. The molecule has 2 aliphatic heterocycles. The molecule has 0 aromatic carbocycles. The van der Waals surface area contributed by atoms with E-state index in [0.717, 1.165) is 39.0 Å². The molecule has 0 radical (unpaired) electrons. The highest BCUT2D eigenvalue weighted by atomic mass is 35.5. The van der Waals surface area contributed by atoms with E-state index in [1.165, 1.54) is 5.56 Å². The number of nitrogens with one attached hydrogen (secondary N) is 1. The topological polar surface area (TPSA) is 53.4 Å². The molecule has 2 aliphatic rings. The minimum Gasteiger partial charge on any atom is -0.340 e. The Hall–Kier alpha value is -1.25. The molecule has 26 heavy (non-hydrogen) atoms. The highest BCUT2D eigenvalue weighted by Crippen LogP contribution is 2.26. The zero-order valence-electron chi connectivity index (χ0n) is 15.2. The molecule has 1 amide bonds. The number of carbonyl (C=O) groups excluding carboxylic acids is 1. The number of amides is 1. The Kier molecular flexibility index (Phi) is 7.37. The van der Waals surface area contributed by atoms with E-state index in [4.69, 9.17) is 0 Å². The van der Waals surface area contributed by atoms with E-state index in [0.29, 0.717) is 13.1 Å². The Labute approximate surface area is 159 Å². The van der Waals surface area contributed by atoms with Crippen LogP contribution >= 0.6 is 12.4 Å². The Morgan fingerprint density at radius 1 is 1.35 bits per heavy atom. The molecule has 1 aromatic heterocycles. The molecule has 0 bridgehead atoms. The third kappa shape index (κ3) is 5.37. The van der Waals surface area contributed by atoms with Crippen LogP contribution in [-0.2, 0) is 17.9 Å². The van der Waals surface area contributed by atoms with Crippen LogP contribution in [-0.4, -0.2) is 70.2 Å². The molecule has 3 heterocycles. The van der Waals surface area contributed by atoms with Crippen molar-refractivity contribution in [2.24, 2.45) is 0 Å². The third-order valence-corrected chi connectivity index (χ3v) is 4.85. The van der Waals surface area contributed by atoms with Gasteiger partial charge in [0, 0.05) is 57.4 Å². The van der Waals surface area contributed by atoms with Gasteiger partial charge < -0.3 is 4.90 Å². The summed E-state index contributed by atoms with van der Waals surface area (Å²) in [5.74, 6) is -2.95. The van der Waals surface area contributed by atoms with Gasteiger partial charge in [-0.15, -0.1) is 12.4 Å². The van der Waals surface area contributed by atoms with Gasteiger partial charge in [0.05, 0.1) is 18.8 Å². The Morgan fingerprint density at radius 2 is 2.15 bits per heavy atom. The van der Waals surface area contributed by atoms with Crippen LogP contribution in [0.5, 0.6) is 0 Å². The van der Waals surface area contributed by atoms with Crippen LogP contribution in [0.1, 0.15) is 31.7 Å². The summed E-state index contributed by atoms with van der Waals surface area (Å²) in [6.07, 6.45) is 5.49. The van der Waals surface area contributed by atoms with E-state index in [1.54, 1.807) is 4.90 Å². The Morgan fingerprint density at radius 3 is 2.85 bits per heavy atom. The van der Waals surface area contributed by atoms with Gasteiger partial charge in [0.15, 0.2) is 0 Å². The van der Waals surface area contributed by atoms with Crippen molar-refractivity contribution in [1.82, 2.24) is 24.9 Å². The van der Waals surface area contributed by atoms with Gasteiger partial charge >= 0.3 is 0 Å². The van der Waals surface area contributed by atoms with Crippen LogP contribution in [0.15, 0.2) is 12.4 Å². The van der Waals surface area contributed by atoms with Gasteiger partial charge in [-0.25, -0.2) is 8.78 Å². The number of alkyl halides is 2. The van der Waals surface area contributed by atoms with E-state index in [1.807, 2.05) is 10.9 Å². The van der Waals surface area contributed by atoms with Gasteiger partial charge in [-0.05, 0) is 12.8 Å². The molecule has 1 aromatic rings. The maximum atomic E-state index is 13.3. The fourth-order valence-corrected chi connectivity index (χ4v) is 3.56. The van der Waals surface area contributed by atoms with Crippen LogP contribution in [0, 0.1) is 0 Å². The van der Waals surface area contributed by atoms with E-state index >= 15 is 0 Å². The minimum absolute atomic E-state index is 0. The summed E-state index contributed by atoms with van der Waals surface area (Å²) in [5.41, 5.74) is 1.17. The van der Waals surface area contributed by atoms with Crippen LogP contribution in [0.3, 0.4) is 0 Å². The molecule has 1 unspecified atom stereocenters. The Bertz CT molecular complexity index is 597. The van der Waals surface area contributed by atoms with Crippen molar-refractivity contribution >= 4 is 18.3 Å². The van der Waals surface area contributed by atoms with Crippen LogP contribution in [0.4, 0.5) is 8.78 Å². The summed E-state index contributed by atoms with van der Waals surface area (Å²) in [7, 11) is 0. The average Bonchev–Trinajstić information content (AvgIpc) is 3.07. The van der Waals surface area contributed by atoms with Gasteiger partial charge in [-0.1, -0.05) is 6.92 Å². The fourth-order valence-electron chi connectivity index (χ4n) is 3.56. The first-order chi connectivity index (χ1) is 12.0. The highest BCUT2D eigenvalue weighted by Gasteiger charge is 2.43. The maximum Gasteiger partial charge on any atom is 0.262 e. The van der Waals surface area contributed by atoms with Crippen LogP contribution < -0.4 is 5.32 Å². The molecule has 0 saturated carbocycles. The van der Waals surface area contributed by atoms with E-state index in [-0.39, 0.29) is 24.7 Å². The molecule has 9 heteroatoms. The fraction of sp³-hybridized carbons (Fsp3) is 0.765. The predicted octanol–water partition coefficient (Wildman–Crippen LogP) is 1.75. The summed E-state index contributed by atoms with van der Waals surface area (Å²) in [6, 6.07) is -0.742. The van der Waals surface area contributed by atoms with Gasteiger partial charge in [-0.3, -0.25) is 19.7 Å². The van der Waals surface area contributed by atoms with Gasteiger partial charge in [0.25, 0.3) is 5.92 Å². The van der Waals surface area contributed by atoms with Crippen molar-refractivity contribution < 1.29 is 13.6 Å². The number of rotatable bonds is 5. The Balaban J connectivity index is 0.00000243. The van der Waals surface area contributed by atoms with Crippen molar-refractivity contribution in [1.29, 1.82) is 0 Å². The molecule has 3 rings (SSSR count). The largest absolute Gasteiger partial charge is 0.340 e. The molecule has 0 spiro atoms. The van der Waals surface area contributed by atoms with Crippen molar-refractivity contribution in [3.8, 4) is 0 Å².